The van der Waals surface area contributed by atoms with E-state index in [-0.39, 0.29) is 0 Å². The molecule has 0 saturated carbocycles. The van der Waals surface area contributed by atoms with Gasteiger partial charge in [-0.05, 0) is 34.9 Å². The van der Waals surface area contributed by atoms with Gasteiger partial charge in [0.2, 0.25) is 5.95 Å². The molecular weight excluding hydrogens is 265 g/mol. The van der Waals surface area contributed by atoms with Crippen molar-refractivity contribution in [2.24, 2.45) is 0 Å². The zero-order chi connectivity index (χ0) is 14.5. The Morgan fingerprint density at radius 3 is 2.33 bits per heavy atom. The van der Waals surface area contributed by atoms with Gasteiger partial charge in [0.25, 0.3) is 0 Å². The summed E-state index contributed by atoms with van der Waals surface area (Å²) in [5, 5.41) is 0. The van der Waals surface area contributed by atoms with E-state index in [1.165, 1.54) is 12.3 Å². The molecular formula is C18H14FNO. The summed E-state index contributed by atoms with van der Waals surface area (Å²) in [6, 6.07) is 20.8. The molecule has 2 nitrogen and oxygen atoms in total. The van der Waals surface area contributed by atoms with Crippen LogP contribution in [0.15, 0.2) is 72.9 Å². The molecule has 0 N–H and O–H groups in total. The lowest BCUT2D eigenvalue weighted by Gasteiger charge is -2.07. The van der Waals surface area contributed by atoms with Crippen LogP contribution >= 0.6 is 0 Å². The average molecular weight is 279 g/mol. The van der Waals surface area contributed by atoms with Gasteiger partial charge in [0.1, 0.15) is 12.4 Å². The summed E-state index contributed by atoms with van der Waals surface area (Å²) in [5.41, 5.74) is 2.86. The molecule has 3 rings (SSSR count). The second kappa shape index (κ2) is 6.18. The minimum atomic E-state index is -0.475. The molecule has 3 aromatic rings. The summed E-state index contributed by atoms with van der Waals surface area (Å²) in [5.74, 6) is 0.314. The van der Waals surface area contributed by atoms with Gasteiger partial charge in [0, 0.05) is 12.3 Å². The van der Waals surface area contributed by atoms with Crippen molar-refractivity contribution >= 4 is 0 Å². The Labute approximate surface area is 122 Å². The van der Waals surface area contributed by atoms with E-state index >= 15 is 0 Å². The summed E-state index contributed by atoms with van der Waals surface area (Å²) in [4.78, 5) is 3.55. The number of ether oxygens (including phenoxy) is 1. The largest absolute Gasteiger partial charge is 0.489 e. The fourth-order valence-electron chi connectivity index (χ4n) is 2.07. The minimum Gasteiger partial charge on any atom is -0.489 e. The van der Waals surface area contributed by atoms with Crippen LogP contribution in [-0.4, -0.2) is 4.98 Å². The monoisotopic (exact) mass is 279 g/mol. The minimum absolute atomic E-state index is 0.475. The second-order valence-electron chi connectivity index (χ2n) is 4.67. The first kappa shape index (κ1) is 13.3. The first-order valence-electron chi connectivity index (χ1n) is 6.70. The number of hydrogen-bond acceptors (Lipinski definition) is 2. The van der Waals surface area contributed by atoms with Gasteiger partial charge in [-0.25, -0.2) is 4.98 Å². The average Bonchev–Trinajstić information content (AvgIpc) is 2.54. The molecule has 0 saturated heterocycles. The molecule has 104 valence electrons. The van der Waals surface area contributed by atoms with E-state index in [1.54, 1.807) is 6.07 Å². The van der Waals surface area contributed by atoms with Crippen molar-refractivity contribution in [1.82, 2.24) is 4.98 Å². The van der Waals surface area contributed by atoms with Crippen LogP contribution in [-0.2, 0) is 6.61 Å². The molecule has 1 heterocycles. The molecule has 0 spiro atoms. The van der Waals surface area contributed by atoms with Gasteiger partial charge in [0.05, 0.1) is 0 Å². The second-order valence-corrected chi connectivity index (χ2v) is 4.67. The Kier molecular flexibility index (Phi) is 3.92. The molecule has 0 aliphatic rings. The highest BCUT2D eigenvalue weighted by Gasteiger charge is 2.01. The molecule has 0 fully saturated rings. The predicted octanol–water partition coefficient (Wildman–Crippen LogP) is 4.47. The zero-order valence-electron chi connectivity index (χ0n) is 11.4. The molecule has 0 radical (unpaired) electrons. The lowest BCUT2D eigenvalue weighted by molar-refractivity contribution is 0.306. The number of aromatic nitrogens is 1. The van der Waals surface area contributed by atoms with E-state index in [2.05, 4.69) is 4.98 Å². The molecule has 2 aromatic carbocycles. The number of hydrogen-bond donors (Lipinski definition) is 0. The fourth-order valence-corrected chi connectivity index (χ4v) is 2.07. The van der Waals surface area contributed by atoms with E-state index in [9.17, 15) is 4.39 Å². The Bertz CT molecular complexity index is 711. The SMILES string of the molecule is Fc1cc(-c2ccc(OCc3ccccc3)cc2)ccn1. The molecule has 0 unspecified atom stereocenters. The van der Waals surface area contributed by atoms with E-state index < -0.39 is 5.95 Å². The summed E-state index contributed by atoms with van der Waals surface area (Å²) in [7, 11) is 0. The van der Waals surface area contributed by atoms with Crippen LogP contribution in [0.2, 0.25) is 0 Å². The van der Waals surface area contributed by atoms with Crippen molar-refractivity contribution in [2.75, 3.05) is 0 Å². The van der Waals surface area contributed by atoms with Gasteiger partial charge in [-0.15, -0.1) is 0 Å². The molecule has 3 heteroatoms. The lowest BCUT2D eigenvalue weighted by atomic mass is 10.1. The number of rotatable bonds is 4. The van der Waals surface area contributed by atoms with Gasteiger partial charge in [0.15, 0.2) is 0 Å². The van der Waals surface area contributed by atoms with Crippen molar-refractivity contribution in [3.8, 4) is 16.9 Å². The summed E-state index contributed by atoms with van der Waals surface area (Å²) in [6.45, 7) is 0.532. The van der Waals surface area contributed by atoms with Crippen LogP contribution in [0, 0.1) is 5.95 Å². The Balaban J connectivity index is 1.69. The van der Waals surface area contributed by atoms with Gasteiger partial charge in [-0.3, -0.25) is 0 Å². The summed E-state index contributed by atoms with van der Waals surface area (Å²) < 4.78 is 18.8. The van der Waals surface area contributed by atoms with Gasteiger partial charge in [-0.1, -0.05) is 42.5 Å². The topological polar surface area (TPSA) is 22.1 Å². The van der Waals surface area contributed by atoms with Crippen LogP contribution in [0.4, 0.5) is 4.39 Å². The van der Waals surface area contributed by atoms with Gasteiger partial charge in [-0.2, -0.15) is 4.39 Å². The first-order chi connectivity index (χ1) is 10.3. The third-order valence-corrected chi connectivity index (χ3v) is 3.16. The quantitative estimate of drug-likeness (QED) is 0.657. The van der Waals surface area contributed by atoms with E-state index in [4.69, 9.17) is 4.74 Å². The van der Waals surface area contributed by atoms with Crippen LogP contribution in [0.5, 0.6) is 5.75 Å². The molecule has 0 aliphatic carbocycles. The van der Waals surface area contributed by atoms with Crippen molar-refractivity contribution in [2.45, 2.75) is 6.61 Å². The van der Waals surface area contributed by atoms with E-state index in [0.717, 1.165) is 22.4 Å². The summed E-state index contributed by atoms with van der Waals surface area (Å²) >= 11 is 0. The highest BCUT2D eigenvalue weighted by Crippen LogP contribution is 2.22. The van der Waals surface area contributed by atoms with E-state index in [1.807, 2.05) is 54.6 Å². The summed E-state index contributed by atoms with van der Waals surface area (Å²) in [6.07, 6.45) is 1.46. The Morgan fingerprint density at radius 2 is 1.62 bits per heavy atom. The van der Waals surface area contributed by atoms with Crippen molar-refractivity contribution in [1.29, 1.82) is 0 Å². The van der Waals surface area contributed by atoms with Crippen molar-refractivity contribution in [3.05, 3.63) is 84.4 Å². The molecule has 0 bridgehead atoms. The maximum Gasteiger partial charge on any atom is 0.213 e. The van der Waals surface area contributed by atoms with Crippen molar-refractivity contribution < 1.29 is 9.13 Å². The zero-order valence-corrected chi connectivity index (χ0v) is 11.4. The third kappa shape index (κ3) is 3.45. The molecule has 1 aromatic heterocycles. The first-order valence-corrected chi connectivity index (χ1v) is 6.70. The van der Waals surface area contributed by atoms with Crippen molar-refractivity contribution in [3.63, 3.8) is 0 Å². The number of nitrogens with zero attached hydrogens (tertiary/aromatic N) is 1. The Morgan fingerprint density at radius 1 is 0.857 bits per heavy atom. The number of pyridine rings is 1. The third-order valence-electron chi connectivity index (χ3n) is 3.16. The standard InChI is InChI=1S/C18H14FNO/c19-18-12-16(10-11-20-18)15-6-8-17(9-7-15)21-13-14-4-2-1-3-5-14/h1-12H,13H2. The maximum absolute atomic E-state index is 13.1. The maximum atomic E-state index is 13.1. The highest BCUT2D eigenvalue weighted by molar-refractivity contribution is 5.63. The normalized spacial score (nSPS) is 10.3. The molecule has 21 heavy (non-hydrogen) atoms. The number of benzene rings is 2. The lowest BCUT2D eigenvalue weighted by Crippen LogP contribution is -1.94. The number of halogens is 1. The smallest absolute Gasteiger partial charge is 0.213 e. The fraction of sp³-hybridized carbons (Fsp3) is 0.0556. The van der Waals surface area contributed by atoms with Crippen LogP contribution in [0.1, 0.15) is 5.56 Å². The van der Waals surface area contributed by atoms with Gasteiger partial charge >= 0.3 is 0 Å². The van der Waals surface area contributed by atoms with Crippen LogP contribution < -0.4 is 4.74 Å². The predicted molar refractivity (Wildman–Crippen MR) is 80.4 cm³/mol. The highest BCUT2D eigenvalue weighted by atomic mass is 19.1. The Hall–Kier alpha value is -2.68. The molecule has 0 atom stereocenters. The molecule has 0 aliphatic heterocycles. The van der Waals surface area contributed by atoms with E-state index in [0.29, 0.717) is 6.61 Å². The van der Waals surface area contributed by atoms with Crippen LogP contribution in [0.3, 0.4) is 0 Å². The van der Waals surface area contributed by atoms with Crippen LogP contribution in [0.25, 0.3) is 11.1 Å². The van der Waals surface area contributed by atoms with Gasteiger partial charge < -0.3 is 4.74 Å². The molecule has 0 amide bonds.